The minimum atomic E-state index is -0.0936. The zero-order valence-electron chi connectivity index (χ0n) is 17.4. The van der Waals surface area contributed by atoms with Crippen LogP contribution in [0, 0.1) is 0 Å². The van der Waals surface area contributed by atoms with Gasteiger partial charge in [-0.25, -0.2) is 4.99 Å². The Labute approximate surface area is 163 Å². The largest absolute Gasteiger partial charge is 0.370 e. The maximum absolute atomic E-state index is 13.4. The summed E-state index contributed by atoms with van der Waals surface area (Å²) < 4.78 is 5.84. The summed E-state index contributed by atoms with van der Waals surface area (Å²) in [5.41, 5.74) is 3.68. The first-order valence-electron chi connectivity index (χ1n) is 9.56. The Balaban J connectivity index is 2.27. The van der Waals surface area contributed by atoms with Crippen molar-refractivity contribution in [3.8, 4) is 0 Å². The molecule has 0 aromatic rings. The Morgan fingerprint density at radius 2 is 1.96 bits per heavy atom. The van der Waals surface area contributed by atoms with Crippen molar-refractivity contribution in [2.45, 2.75) is 59.1 Å². The highest BCUT2D eigenvalue weighted by Gasteiger charge is 2.38. The van der Waals surface area contributed by atoms with Crippen LogP contribution in [-0.4, -0.2) is 48.9 Å². The van der Waals surface area contributed by atoms with Crippen molar-refractivity contribution in [3.63, 3.8) is 0 Å². The van der Waals surface area contributed by atoms with E-state index in [1.807, 2.05) is 38.7 Å². The fourth-order valence-corrected chi connectivity index (χ4v) is 3.28. The van der Waals surface area contributed by atoms with Crippen LogP contribution in [0.2, 0.25) is 0 Å². The van der Waals surface area contributed by atoms with Crippen LogP contribution in [0.1, 0.15) is 47.5 Å². The molecule has 148 valence electrons. The summed E-state index contributed by atoms with van der Waals surface area (Å²) in [6.45, 7) is 19.2. The number of morpholine rings is 1. The van der Waals surface area contributed by atoms with Crippen LogP contribution in [0.4, 0.5) is 0 Å². The maximum atomic E-state index is 13.4. The summed E-state index contributed by atoms with van der Waals surface area (Å²) in [6.07, 6.45) is 5.81. The first-order chi connectivity index (χ1) is 12.7. The highest BCUT2D eigenvalue weighted by atomic mass is 16.5. The molecule has 1 saturated heterocycles. The van der Waals surface area contributed by atoms with Crippen LogP contribution >= 0.6 is 0 Å². The summed E-state index contributed by atoms with van der Waals surface area (Å²) >= 11 is 0. The van der Waals surface area contributed by atoms with Crippen LogP contribution in [-0.2, 0) is 9.53 Å². The second kappa shape index (κ2) is 8.70. The van der Waals surface area contributed by atoms with E-state index in [4.69, 9.17) is 4.74 Å². The quantitative estimate of drug-likeness (QED) is 0.421. The lowest BCUT2D eigenvalue weighted by atomic mass is 9.99. The molecule has 1 aliphatic heterocycles. The molecule has 0 spiro atoms. The standard InChI is InChI=1S/C22H33N3O2/c1-8-9-16(4)18-14-25(12-13-27-18)21(26)19(15(2)3)17(5)20(23-7)24-22(6)10-11-22/h8-9,18,24H,1,7,10-14H2,2-6H3/b16-9+,20-17-. The van der Waals surface area contributed by atoms with Crippen LogP contribution in [0.25, 0.3) is 0 Å². The highest BCUT2D eigenvalue weighted by Crippen LogP contribution is 2.36. The number of nitrogens with zero attached hydrogens (tertiary/aromatic N) is 2. The number of aliphatic imine (C=N–C) groups is 1. The molecule has 5 heteroatoms. The van der Waals surface area contributed by atoms with Crippen molar-refractivity contribution in [2.24, 2.45) is 4.99 Å². The van der Waals surface area contributed by atoms with Crippen molar-refractivity contribution in [3.05, 3.63) is 46.8 Å². The van der Waals surface area contributed by atoms with E-state index in [0.29, 0.717) is 31.1 Å². The maximum Gasteiger partial charge on any atom is 0.254 e. The molecular weight excluding hydrogens is 338 g/mol. The number of hydrogen-bond donors (Lipinski definition) is 1. The fraction of sp³-hybridized carbons (Fsp3) is 0.545. The summed E-state index contributed by atoms with van der Waals surface area (Å²) in [6, 6.07) is 0. The van der Waals surface area contributed by atoms with Crippen molar-refractivity contribution < 1.29 is 9.53 Å². The Kier molecular flexibility index (Phi) is 6.82. The minimum Gasteiger partial charge on any atom is -0.370 e. The lowest BCUT2D eigenvalue weighted by molar-refractivity contribution is -0.133. The lowest BCUT2D eigenvalue weighted by Crippen LogP contribution is -2.47. The minimum absolute atomic E-state index is 0.0242. The summed E-state index contributed by atoms with van der Waals surface area (Å²) in [5, 5.41) is 3.45. The van der Waals surface area contributed by atoms with E-state index < -0.39 is 0 Å². The van der Waals surface area contributed by atoms with Crippen LogP contribution in [0.3, 0.4) is 0 Å². The molecule has 0 aromatic carbocycles. The highest BCUT2D eigenvalue weighted by molar-refractivity contribution is 5.98. The van der Waals surface area contributed by atoms with E-state index in [-0.39, 0.29) is 17.6 Å². The second-order valence-electron chi connectivity index (χ2n) is 7.95. The first-order valence-corrected chi connectivity index (χ1v) is 9.56. The van der Waals surface area contributed by atoms with E-state index in [0.717, 1.165) is 29.6 Å². The molecule has 0 aromatic heterocycles. The van der Waals surface area contributed by atoms with Crippen molar-refractivity contribution >= 4 is 12.6 Å². The Morgan fingerprint density at radius 1 is 1.30 bits per heavy atom. The van der Waals surface area contributed by atoms with Crippen molar-refractivity contribution in [2.75, 3.05) is 19.7 Å². The topological polar surface area (TPSA) is 53.9 Å². The zero-order valence-corrected chi connectivity index (χ0v) is 17.4. The summed E-state index contributed by atoms with van der Waals surface area (Å²) in [4.78, 5) is 19.4. The molecule has 1 atom stereocenters. The van der Waals surface area contributed by atoms with Gasteiger partial charge in [-0.1, -0.05) is 24.3 Å². The van der Waals surface area contributed by atoms with E-state index >= 15 is 0 Å². The molecule has 2 fully saturated rings. The second-order valence-corrected chi connectivity index (χ2v) is 7.95. The van der Waals surface area contributed by atoms with Gasteiger partial charge < -0.3 is 15.0 Å². The molecule has 2 rings (SSSR count). The van der Waals surface area contributed by atoms with Gasteiger partial charge >= 0.3 is 0 Å². The number of carbonyl (C=O) groups excluding carboxylic acids is 1. The molecule has 1 unspecified atom stereocenters. The molecule has 5 nitrogen and oxygen atoms in total. The Bertz CT molecular complexity index is 707. The third kappa shape index (κ3) is 5.19. The van der Waals surface area contributed by atoms with E-state index in [2.05, 4.69) is 30.5 Å². The number of rotatable bonds is 7. The van der Waals surface area contributed by atoms with Gasteiger partial charge in [-0.05, 0) is 59.8 Å². The number of amides is 1. The van der Waals surface area contributed by atoms with Crippen LogP contribution in [0.5, 0.6) is 0 Å². The van der Waals surface area contributed by atoms with Gasteiger partial charge in [0.05, 0.1) is 19.3 Å². The molecular formula is C22H33N3O2. The van der Waals surface area contributed by atoms with Gasteiger partial charge in [0.2, 0.25) is 0 Å². The number of nitrogens with one attached hydrogen (secondary N) is 1. The summed E-state index contributed by atoms with van der Waals surface area (Å²) in [5.74, 6) is 0.725. The average molecular weight is 372 g/mol. The molecule has 0 radical (unpaired) electrons. The van der Waals surface area contributed by atoms with Gasteiger partial charge in [0.25, 0.3) is 5.91 Å². The van der Waals surface area contributed by atoms with E-state index in [9.17, 15) is 4.79 Å². The normalized spacial score (nSPS) is 22.5. The molecule has 27 heavy (non-hydrogen) atoms. The van der Waals surface area contributed by atoms with Crippen molar-refractivity contribution in [1.82, 2.24) is 10.2 Å². The van der Waals surface area contributed by atoms with E-state index in [1.165, 1.54) is 0 Å². The Hall–Kier alpha value is -2.14. The lowest BCUT2D eigenvalue weighted by Gasteiger charge is -2.34. The number of allylic oxidation sites excluding steroid dienone is 3. The SMILES string of the molecule is C=C/C=C(\C)C1CN(C(=O)C(=C(C)C)/C(C)=C(/N=C)NC2(C)CC2)CCO1. The fourth-order valence-electron chi connectivity index (χ4n) is 3.28. The average Bonchev–Trinajstić information content (AvgIpc) is 3.37. The van der Waals surface area contributed by atoms with Gasteiger partial charge in [0.15, 0.2) is 0 Å². The molecule has 1 amide bonds. The van der Waals surface area contributed by atoms with Gasteiger partial charge in [-0.15, -0.1) is 0 Å². The van der Waals surface area contributed by atoms with E-state index in [1.54, 1.807) is 6.08 Å². The predicted molar refractivity (Wildman–Crippen MR) is 112 cm³/mol. The monoisotopic (exact) mass is 371 g/mol. The van der Waals surface area contributed by atoms with Crippen LogP contribution in [0.15, 0.2) is 51.8 Å². The third-order valence-corrected chi connectivity index (χ3v) is 5.26. The van der Waals surface area contributed by atoms with Crippen molar-refractivity contribution in [1.29, 1.82) is 0 Å². The molecule has 1 N–H and O–H groups in total. The van der Waals surface area contributed by atoms with Gasteiger partial charge in [-0.2, -0.15) is 0 Å². The molecule has 1 saturated carbocycles. The zero-order chi connectivity index (χ0) is 20.2. The van der Waals surface area contributed by atoms with Gasteiger partial charge in [-0.3, -0.25) is 4.79 Å². The molecule has 1 heterocycles. The van der Waals surface area contributed by atoms with Gasteiger partial charge in [0.1, 0.15) is 5.82 Å². The summed E-state index contributed by atoms with van der Waals surface area (Å²) in [7, 11) is 0. The smallest absolute Gasteiger partial charge is 0.254 e. The number of hydrogen-bond acceptors (Lipinski definition) is 4. The predicted octanol–water partition coefficient (Wildman–Crippen LogP) is 3.76. The number of ether oxygens (including phenoxy) is 1. The Morgan fingerprint density at radius 3 is 2.48 bits per heavy atom. The molecule has 0 bridgehead atoms. The third-order valence-electron chi connectivity index (χ3n) is 5.26. The van der Waals surface area contributed by atoms with Gasteiger partial charge in [0, 0.05) is 23.2 Å². The molecule has 2 aliphatic rings. The van der Waals surface area contributed by atoms with Crippen LogP contribution < -0.4 is 5.32 Å². The molecule has 1 aliphatic carbocycles. The first kappa shape index (κ1) is 21.2. The number of carbonyl (C=O) groups is 1.